The van der Waals surface area contributed by atoms with Gasteiger partial charge in [0.1, 0.15) is 0 Å². The van der Waals surface area contributed by atoms with Crippen LogP contribution < -0.4 is 5.32 Å². The van der Waals surface area contributed by atoms with Crippen LogP contribution in [0.25, 0.3) is 0 Å². The van der Waals surface area contributed by atoms with Crippen molar-refractivity contribution in [3.8, 4) is 0 Å². The Kier molecular flexibility index (Phi) is 6.83. The molecular formula is C14H21F2NO. The molecule has 0 saturated heterocycles. The van der Waals surface area contributed by atoms with E-state index in [9.17, 15) is 8.78 Å². The van der Waals surface area contributed by atoms with Crippen molar-refractivity contribution in [1.29, 1.82) is 0 Å². The first-order valence-electron chi connectivity index (χ1n) is 6.45. The zero-order valence-electron chi connectivity index (χ0n) is 10.8. The molecule has 0 spiro atoms. The number of halogens is 2. The van der Waals surface area contributed by atoms with Gasteiger partial charge in [-0.2, -0.15) is 0 Å². The van der Waals surface area contributed by atoms with E-state index < -0.39 is 11.6 Å². The maximum atomic E-state index is 13.5. The summed E-state index contributed by atoms with van der Waals surface area (Å²) in [6.45, 7) is 2.83. The second kappa shape index (κ2) is 8.16. The summed E-state index contributed by atoms with van der Waals surface area (Å²) in [6, 6.07) is 4.05. The SMILES string of the molecule is CC(NCCCCCCO)c1cccc(F)c1F. The van der Waals surface area contributed by atoms with Gasteiger partial charge in [0.25, 0.3) is 0 Å². The van der Waals surface area contributed by atoms with Crippen molar-refractivity contribution in [3.05, 3.63) is 35.4 Å². The number of aliphatic hydroxyl groups is 1. The number of nitrogens with one attached hydrogen (secondary N) is 1. The van der Waals surface area contributed by atoms with Gasteiger partial charge in [0.2, 0.25) is 0 Å². The third-order valence-electron chi connectivity index (χ3n) is 2.98. The van der Waals surface area contributed by atoms with Crippen LogP contribution in [-0.2, 0) is 0 Å². The molecule has 1 rings (SSSR count). The molecule has 102 valence electrons. The van der Waals surface area contributed by atoms with Gasteiger partial charge in [-0.25, -0.2) is 8.78 Å². The monoisotopic (exact) mass is 257 g/mol. The predicted molar refractivity (Wildman–Crippen MR) is 68.3 cm³/mol. The second-order valence-electron chi connectivity index (χ2n) is 4.46. The predicted octanol–water partition coefficient (Wildman–Crippen LogP) is 3.17. The second-order valence-corrected chi connectivity index (χ2v) is 4.46. The van der Waals surface area contributed by atoms with Gasteiger partial charge in [0, 0.05) is 18.2 Å². The normalized spacial score (nSPS) is 12.7. The van der Waals surface area contributed by atoms with E-state index in [0.717, 1.165) is 38.3 Å². The lowest BCUT2D eigenvalue weighted by atomic mass is 10.1. The smallest absolute Gasteiger partial charge is 0.163 e. The molecule has 0 amide bonds. The number of benzene rings is 1. The van der Waals surface area contributed by atoms with E-state index in [4.69, 9.17) is 5.11 Å². The number of hydrogen-bond donors (Lipinski definition) is 2. The van der Waals surface area contributed by atoms with Crippen molar-refractivity contribution >= 4 is 0 Å². The first kappa shape index (κ1) is 15.1. The van der Waals surface area contributed by atoms with E-state index in [2.05, 4.69) is 5.32 Å². The van der Waals surface area contributed by atoms with Crippen molar-refractivity contribution in [2.75, 3.05) is 13.2 Å². The van der Waals surface area contributed by atoms with Crippen molar-refractivity contribution in [2.45, 2.75) is 38.6 Å². The van der Waals surface area contributed by atoms with Crippen LogP contribution in [0.4, 0.5) is 8.78 Å². The number of rotatable bonds is 8. The summed E-state index contributed by atoms with van der Waals surface area (Å²) in [7, 11) is 0. The standard InChI is InChI=1S/C14H21F2NO/c1-11(17-9-4-2-3-5-10-18)12-7-6-8-13(15)14(12)16/h6-8,11,17-18H,2-5,9-10H2,1H3. The van der Waals surface area contributed by atoms with Crippen LogP contribution in [0.15, 0.2) is 18.2 Å². The van der Waals surface area contributed by atoms with Gasteiger partial charge in [-0.05, 0) is 32.4 Å². The Labute approximate surface area is 107 Å². The van der Waals surface area contributed by atoms with Crippen molar-refractivity contribution in [3.63, 3.8) is 0 Å². The molecule has 2 N–H and O–H groups in total. The fraction of sp³-hybridized carbons (Fsp3) is 0.571. The van der Waals surface area contributed by atoms with Crippen molar-refractivity contribution < 1.29 is 13.9 Å². The van der Waals surface area contributed by atoms with Crippen LogP contribution in [0, 0.1) is 11.6 Å². The summed E-state index contributed by atoms with van der Waals surface area (Å²) < 4.78 is 26.5. The maximum absolute atomic E-state index is 13.5. The highest BCUT2D eigenvalue weighted by Crippen LogP contribution is 2.18. The third-order valence-corrected chi connectivity index (χ3v) is 2.98. The molecule has 1 aromatic rings. The molecule has 0 fully saturated rings. The number of unbranched alkanes of at least 4 members (excludes halogenated alkanes) is 3. The lowest BCUT2D eigenvalue weighted by molar-refractivity contribution is 0.282. The summed E-state index contributed by atoms with van der Waals surface area (Å²) in [5.41, 5.74) is 0.366. The molecule has 2 nitrogen and oxygen atoms in total. The molecule has 0 heterocycles. The Morgan fingerprint density at radius 2 is 1.89 bits per heavy atom. The Hall–Kier alpha value is -1.00. The highest BCUT2D eigenvalue weighted by atomic mass is 19.2. The average molecular weight is 257 g/mol. The largest absolute Gasteiger partial charge is 0.396 e. The minimum Gasteiger partial charge on any atom is -0.396 e. The van der Waals surface area contributed by atoms with Gasteiger partial charge >= 0.3 is 0 Å². The molecule has 1 atom stereocenters. The molecular weight excluding hydrogens is 236 g/mol. The molecule has 0 aliphatic heterocycles. The molecule has 0 bridgehead atoms. The highest BCUT2D eigenvalue weighted by Gasteiger charge is 2.13. The molecule has 18 heavy (non-hydrogen) atoms. The molecule has 0 radical (unpaired) electrons. The van der Waals surface area contributed by atoms with Crippen LogP contribution in [0.1, 0.15) is 44.2 Å². The van der Waals surface area contributed by atoms with Gasteiger partial charge < -0.3 is 10.4 Å². The molecule has 0 aliphatic rings. The lowest BCUT2D eigenvalue weighted by Gasteiger charge is -2.15. The van der Waals surface area contributed by atoms with Crippen LogP contribution >= 0.6 is 0 Å². The average Bonchev–Trinajstić information content (AvgIpc) is 2.36. The maximum Gasteiger partial charge on any atom is 0.163 e. The molecule has 1 unspecified atom stereocenters. The summed E-state index contributed by atoms with van der Waals surface area (Å²) in [4.78, 5) is 0. The van der Waals surface area contributed by atoms with E-state index >= 15 is 0 Å². The van der Waals surface area contributed by atoms with Crippen LogP contribution in [0.5, 0.6) is 0 Å². The number of hydrogen-bond acceptors (Lipinski definition) is 2. The first-order valence-corrected chi connectivity index (χ1v) is 6.45. The van der Waals surface area contributed by atoms with Gasteiger partial charge in [0.15, 0.2) is 11.6 Å². The van der Waals surface area contributed by atoms with Gasteiger partial charge in [-0.1, -0.05) is 25.0 Å². The fourth-order valence-electron chi connectivity index (χ4n) is 1.87. The Balaban J connectivity index is 2.32. The Morgan fingerprint density at radius 1 is 1.17 bits per heavy atom. The zero-order valence-corrected chi connectivity index (χ0v) is 10.8. The number of aliphatic hydroxyl groups excluding tert-OH is 1. The Morgan fingerprint density at radius 3 is 2.61 bits per heavy atom. The van der Waals surface area contributed by atoms with Crippen molar-refractivity contribution in [2.24, 2.45) is 0 Å². The quantitative estimate of drug-likeness (QED) is 0.701. The Bertz CT molecular complexity index is 358. The van der Waals surface area contributed by atoms with E-state index in [0.29, 0.717) is 5.56 Å². The molecule has 1 aromatic carbocycles. The van der Waals surface area contributed by atoms with Crippen molar-refractivity contribution in [1.82, 2.24) is 5.32 Å². The van der Waals surface area contributed by atoms with E-state index in [1.54, 1.807) is 6.07 Å². The van der Waals surface area contributed by atoms with Gasteiger partial charge in [0.05, 0.1) is 0 Å². The van der Waals surface area contributed by atoms with E-state index in [-0.39, 0.29) is 12.6 Å². The molecule has 0 saturated carbocycles. The summed E-state index contributed by atoms with van der Waals surface area (Å²) in [5.74, 6) is -1.57. The zero-order chi connectivity index (χ0) is 13.4. The van der Waals surface area contributed by atoms with Gasteiger partial charge in [-0.15, -0.1) is 0 Å². The first-order chi connectivity index (χ1) is 8.66. The topological polar surface area (TPSA) is 32.3 Å². The van der Waals surface area contributed by atoms with Gasteiger partial charge in [-0.3, -0.25) is 0 Å². The molecule has 0 aliphatic carbocycles. The fourth-order valence-corrected chi connectivity index (χ4v) is 1.87. The lowest BCUT2D eigenvalue weighted by Crippen LogP contribution is -2.21. The summed E-state index contributed by atoms with van der Waals surface area (Å²) >= 11 is 0. The third kappa shape index (κ3) is 4.70. The van der Waals surface area contributed by atoms with Crippen LogP contribution in [0.2, 0.25) is 0 Å². The summed E-state index contributed by atoms with van der Waals surface area (Å²) in [6.07, 6.45) is 3.84. The van der Waals surface area contributed by atoms with E-state index in [1.165, 1.54) is 6.07 Å². The highest BCUT2D eigenvalue weighted by molar-refractivity contribution is 5.21. The van der Waals surface area contributed by atoms with Crippen LogP contribution in [0.3, 0.4) is 0 Å². The molecule has 0 aromatic heterocycles. The minimum atomic E-state index is -0.802. The summed E-state index contributed by atoms with van der Waals surface area (Å²) in [5, 5.41) is 11.8. The van der Waals surface area contributed by atoms with Crippen LogP contribution in [-0.4, -0.2) is 18.3 Å². The van der Waals surface area contributed by atoms with E-state index in [1.807, 2.05) is 6.92 Å². The minimum absolute atomic E-state index is 0.196. The molecule has 4 heteroatoms.